The molecule has 96 valence electrons. The van der Waals surface area contributed by atoms with E-state index in [-0.39, 0.29) is 0 Å². The van der Waals surface area contributed by atoms with Crippen molar-refractivity contribution in [2.24, 2.45) is 11.7 Å². The smallest absolute Gasteiger partial charge is 0.0954 e. The maximum atomic E-state index is 6.30. The molecular formula is C14H25N3. The Labute approximate surface area is 104 Å². The summed E-state index contributed by atoms with van der Waals surface area (Å²) in [7, 11) is 0. The minimum Gasteiger partial charge on any atom is -0.330 e. The summed E-state index contributed by atoms with van der Waals surface area (Å²) in [4.78, 5) is 4.40. The Hall–Kier alpha value is -0.830. The van der Waals surface area contributed by atoms with Crippen LogP contribution in [0.2, 0.25) is 0 Å². The summed E-state index contributed by atoms with van der Waals surface area (Å²) in [6.07, 6.45) is 8.30. The quantitative estimate of drug-likeness (QED) is 0.875. The van der Waals surface area contributed by atoms with Crippen LogP contribution in [-0.4, -0.2) is 15.6 Å². The maximum absolute atomic E-state index is 6.30. The monoisotopic (exact) mass is 235 g/mol. The Balaban J connectivity index is 2.15. The van der Waals surface area contributed by atoms with E-state index in [1.165, 1.54) is 31.4 Å². The van der Waals surface area contributed by atoms with Gasteiger partial charge in [0, 0.05) is 11.7 Å². The van der Waals surface area contributed by atoms with Crippen LogP contribution in [0.1, 0.15) is 56.5 Å². The summed E-state index contributed by atoms with van der Waals surface area (Å²) < 4.78 is 2.31. The molecule has 3 unspecified atom stereocenters. The van der Waals surface area contributed by atoms with Crippen LogP contribution in [0.25, 0.3) is 0 Å². The van der Waals surface area contributed by atoms with Gasteiger partial charge in [-0.1, -0.05) is 19.8 Å². The van der Waals surface area contributed by atoms with Crippen molar-refractivity contribution in [1.29, 1.82) is 0 Å². The van der Waals surface area contributed by atoms with E-state index in [4.69, 9.17) is 5.73 Å². The van der Waals surface area contributed by atoms with Crippen molar-refractivity contribution in [3.8, 4) is 0 Å². The van der Waals surface area contributed by atoms with Crippen molar-refractivity contribution in [2.75, 3.05) is 0 Å². The predicted octanol–water partition coefficient (Wildman–Crippen LogP) is 2.97. The van der Waals surface area contributed by atoms with E-state index in [0.29, 0.717) is 12.1 Å². The third-order valence-corrected chi connectivity index (χ3v) is 4.32. The normalized spacial score (nSPS) is 29.5. The maximum Gasteiger partial charge on any atom is 0.0954 e. The molecule has 17 heavy (non-hydrogen) atoms. The first-order valence-electron chi connectivity index (χ1n) is 6.89. The molecule has 0 bridgehead atoms. The third kappa shape index (κ3) is 2.54. The Bertz CT molecular complexity index is 370. The van der Waals surface area contributed by atoms with Gasteiger partial charge in [-0.05, 0) is 39.0 Å². The van der Waals surface area contributed by atoms with Gasteiger partial charge in [0.2, 0.25) is 0 Å². The van der Waals surface area contributed by atoms with Gasteiger partial charge in [0.25, 0.3) is 0 Å². The van der Waals surface area contributed by atoms with Crippen molar-refractivity contribution >= 4 is 0 Å². The van der Waals surface area contributed by atoms with Crippen LogP contribution in [0, 0.1) is 19.8 Å². The number of nitrogens with zero attached hydrogens (tertiary/aromatic N) is 2. The molecule has 2 N–H and O–H groups in total. The van der Waals surface area contributed by atoms with Crippen LogP contribution < -0.4 is 5.73 Å². The average molecular weight is 235 g/mol. The second-order valence-electron chi connectivity index (χ2n) is 5.52. The van der Waals surface area contributed by atoms with E-state index < -0.39 is 0 Å². The highest BCUT2D eigenvalue weighted by atomic mass is 15.1. The number of imidazole rings is 1. The van der Waals surface area contributed by atoms with Crippen LogP contribution in [0.5, 0.6) is 0 Å². The molecule has 0 spiro atoms. The lowest BCUT2D eigenvalue weighted by molar-refractivity contribution is 0.222. The van der Waals surface area contributed by atoms with Crippen LogP contribution in [0.4, 0.5) is 0 Å². The van der Waals surface area contributed by atoms with Crippen molar-refractivity contribution in [3.63, 3.8) is 0 Å². The van der Waals surface area contributed by atoms with Crippen molar-refractivity contribution in [1.82, 2.24) is 9.55 Å². The van der Waals surface area contributed by atoms with Gasteiger partial charge in [0.1, 0.15) is 0 Å². The standard InChI is InChI=1S/C14H25N3/c1-4-5-12-6-7-13(15)14(8-12)17-9-16-10(2)11(17)3/h9,12-14H,4-8,15H2,1-3H3. The van der Waals surface area contributed by atoms with E-state index in [0.717, 1.165) is 18.0 Å². The van der Waals surface area contributed by atoms with Gasteiger partial charge in [-0.25, -0.2) is 4.98 Å². The molecule has 1 aromatic rings. The number of aryl methyl sites for hydroxylation is 1. The lowest BCUT2D eigenvalue weighted by Crippen LogP contribution is -2.38. The zero-order valence-electron chi connectivity index (χ0n) is 11.3. The predicted molar refractivity (Wildman–Crippen MR) is 71.0 cm³/mol. The summed E-state index contributed by atoms with van der Waals surface area (Å²) in [6, 6.07) is 0.761. The van der Waals surface area contributed by atoms with Gasteiger partial charge in [0.15, 0.2) is 0 Å². The molecule has 2 rings (SSSR count). The highest BCUT2D eigenvalue weighted by Gasteiger charge is 2.29. The molecule has 3 nitrogen and oxygen atoms in total. The first kappa shape index (κ1) is 12.6. The minimum absolute atomic E-state index is 0.301. The first-order valence-corrected chi connectivity index (χ1v) is 6.89. The molecule has 3 atom stereocenters. The summed E-state index contributed by atoms with van der Waals surface area (Å²) >= 11 is 0. The van der Waals surface area contributed by atoms with E-state index >= 15 is 0 Å². The SMILES string of the molecule is CCCC1CCC(N)C(n2cnc(C)c2C)C1. The lowest BCUT2D eigenvalue weighted by atomic mass is 9.80. The second-order valence-corrected chi connectivity index (χ2v) is 5.52. The summed E-state index contributed by atoms with van der Waals surface area (Å²) in [6.45, 7) is 6.50. The van der Waals surface area contributed by atoms with E-state index in [1.54, 1.807) is 0 Å². The Morgan fingerprint density at radius 3 is 2.76 bits per heavy atom. The van der Waals surface area contributed by atoms with E-state index in [2.05, 4.69) is 30.3 Å². The number of hydrogen-bond donors (Lipinski definition) is 1. The van der Waals surface area contributed by atoms with Gasteiger partial charge >= 0.3 is 0 Å². The molecule has 0 radical (unpaired) electrons. The first-order chi connectivity index (χ1) is 8.13. The third-order valence-electron chi connectivity index (χ3n) is 4.32. The largest absolute Gasteiger partial charge is 0.330 e. The summed E-state index contributed by atoms with van der Waals surface area (Å²) in [5, 5.41) is 0. The molecule has 1 aliphatic rings. The summed E-state index contributed by atoms with van der Waals surface area (Å²) in [5.74, 6) is 0.854. The highest BCUT2D eigenvalue weighted by Crippen LogP contribution is 2.35. The Morgan fingerprint density at radius 1 is 1.41 bits per heavy atom. The molecule has 1 aromatic heterocycles. The highest BCUT2D eigenvalue weighted by molar-refractivity contribution is 5.11. The van der Waals surface area contributed by atoms with Gasteiger partial charge in [-0.3, -0.25) is 0 Å². The number of nitrogens with two attached hydrogens (primary N) is 1. The minimum atomic E-state index is 0.301. The van der Waals surface area contributed by atoms with E-state index in [1.807, 2.05) is 6.33 Å². The van der Waals surface area contributed by atoms with Crippen LogP contribution in [-0.2, 0) is 0 Å². The van der Waals surface area contributed by atoms with Crippen molar-refractivity contribution in [3.05, 3.63) is 17.7 Å². The molecule has 0 aliphatic heterocycles. The van der Waals surface area contributed by atoms with Gasteiger partial charge < -0.3 is 10.3 Å². The summed E-state index contributed by atoms with van der Waals surface area (Å²) in [5.41, 5.74) is 8.71. The lowest BCUT2D eigenvalue weighted by Gasteiger charge is -2.35. The van der Waals surface area contributed by atoms with Crippen LogP contribution in [0.3, 0.4) is 0 Å². The zero-order valence-corrected chi connectivity index (χ0v) is 11.3. The average Bonchev–Trinajstić information content (AvgIpc) is 2.63. The molecular weight excluding hydrogens is 210 g/mol. The molecule has 0 aromatic carbocycles. The Kier molecular flexibility index (Phi) is 3.87. The molecule has 1 aliphatic carbocycles. The van der Waals surface area contributed by atoms with Crippen LogP contribution >= 0.6 is 0 Å². The fraction of sp³-hybridized carbons (Fsp3) is 0.786. The van der Waals surface area contributed by atoms with Gasteiger partial charge in [0.05, 0.1) is 18.1 Å². The molecule has 3 heteroatoms. The molecule has 1 fully saturated rings. The van der Waals surface area contributed by atoms with Crippen molar-refractivity contribution < 1.29 is 0 Å². The number of rotatable bonds is 3. The van der Waals surface area contributed by atoms with Crippen LogP contribution in [0.15, 0.2) is 6.33 Å². The fourth-order valence-corrected chi connectivity index (χ4v) is 3.10. The fourth-order valence-electron chi connectivity index (χ4n) is 3.10. The second kappa shape index (κ2) is 5.21. The number of aromatic nitrogens is 2. The molecule has 0 amide bonds. The topological polar surface area (TPSA) is 43.8 Å². The molecule has 1 saturated carbocycles. The number of hydrogen-bond acceptors (Lipinski definition) is 2. The van der Waals surface area contributed by atoms with Gasteiger partial charge in [-0.2, -0.15) is 0 Å². The molecule has 0 saturated heterocycles. The zero-order chi connectivity index (χ0) is 12.4. The van der Waals surface area contributed by atoms with Gasteiger partial charge in [-0.15, -0.1) is 0 Å². The Morgan fingerprint density at radius 2 is 2.18 bits per heavy atom. The van der Waals surface area contributed by atoms with Crippen molar-refractivity contribution in [2.45, 2.75) is 65.0 Å². The van der Waals surface area contributed by atoms with E-state index in [9.17, 15) is 0 Å². The molecule has 1 heterocycles.